The molecular weight excluding hydrogens is 242 g/mol. The topological polar surface area (TPSA) is 26.0 Å². The van der Waals surface area contributed by atoms with Gasteiger partial charge in [-0.25, -0.2) is 0 Å². The number of allylic oxidation sites excluding steroid dienone is 1. The Kier molecular flexibility index (Phi) is 2.91. The SMILES string of the molecule is C[C@@]12CCC[C@H]1[C@@H]1CCC3CC(N)C=C[C@]3(C)[C@H]1CC2. The zero-order valence-corrected chi connectivity index (χ0v) is 13.3. The van der Waals surface area contributed by atoms with Crippen LogP contribution < -0.4 is 5.73 Å². The Morgan fingerprint density at radius 2 is 1.85 bits per heavy atom. The first kappa shape index (κ1) is 13.4. The van der Waals surface area contributed by atoms with Crippen molar-refractivity contribution < 1.29 is 0 Å². The minimum atomic E-state index is 0.324. The summed E-state index contributed by atoms with van der Waals surface area (Å²) in [4.78, 5) is 0. The molecule has 0 saturated heterocycles. The average Bonchev–Trinajstić information content (AvgIpc) is 2.81. The lowest BCUT2D eigenvalue weighted by Gasteiger charge is -2.58. The molecule has 2 N–H and O–H groups in total. The summed E-state index contributed by atoms with van der Waals surface area (Å²) in [7, 11) is 0. The summed E-state index contributed by atoms with van der Waals surface area (Å²) in [5.41, 5.74) is 7.34. The highest BCUT2D eigenvalue weighted by molar-refractivity contribution is 5.17. The van der Waals surface area contributed by atoms with Gasteiger partial charge < -0.3 is 5.73 Å². The van der Waals surface area contributed by atoms with Gasteiger partial charge in [-0.2, -0.15) is 0 Å². The maximum absolute atomic E-state index is 6.19. The van der Waals surface area contributed by atoms with Crippen LogP contribution in [0.4, 0.5) is 0 Å². The fraction of sp³-hybridized carbons (Fsp3) is 0.895. The van der Waals surface area contributed by atoms with E-state index in [-0.39, 0.29) is 0 Å². The van der Waals surface area contributed by atoms with Gasteiger partial charge in [-0.3, -0.25) is 0 Å². The first-order valence-electron chi connectivity index (χ1n) is 8.98. The van der Waals surface area contributed by atoms with Crippen molar-refractivity contribution in [2.45, 2.75) is 71.3 Å². The minimum absolute atomic E-state index is 0.324. The molecule has 112 valence electrons. The molecule has 0 aliphatic heterocycles. The first-order valence-corrected chi connectivity index (χ1v) is 8.98. The third kappa shape index (κ3) is 1.71. The van der Waals surface area contributed by atoms with Crippen molar-refractivity contribution in [3.63, 3.8) is 0 Å². The van der Waals surface area contributed by atoms with E-state index in [9.17, 15) is 0 Å². The van der Waals surface area contributed by atoms with Gasteiger partial charge >= 0.3 is 0 Å². The van der Waals surface area contributed by atoms with Gasteiger partial charge in [0.25, 0.3) is 0 Å². The highest BCUT2D eigenvalue weighted by Crippen LogP contribution is 2.65. The molecule has 2 unspecified atom stereocenters. The summed E-state index contributed by atoms with van der Waals surface area (Å²) in [6, 6.07) is 0.324. The Hall–Kier alpha value is -0.300. The maximum atomic E-state index is 6.19. The van der Waals surface area contributed by atoms with Crippen LogP contribution in [-0.4, -0.2) is 6.04 Å². The van der Waals surface area contributed by atoms with Crippen molar-refractivity contribution in [1.29, 1.82) is 0 Å². The molecule has 0 spiro atoms. The van der Waals surface area contributed by atoms with Crippen molar-refractivity contribution in [3.05, 3.63) is 12.2 Å². The zero-order valence-electron chi connectivity index (χ0n) is 13.3. The molecule has 7 atom stereocenters. The van der Waals surface area contributed by atoms with Crippen LogP contribution in [0.1, 0.15) is 65.2 Å². The third-order valence-electron chi connectivity index (χ3n) is 8.00. The van der Waals surface area contributed by atoms with Crippen molar-refractivity contribution in [3.8, 4) is 0 Å². The van der Waals surface area contributed by atoms with Crippen LogP contribution in [0.2, 0.25) is 0 Å². The number of nitrogens with two attached hydrogens (primary N) is 1. The quantitative estimate of drug-likeness (QED) is 0.645. The second kappa shape index (κ2) is 4.35. The molecule has 0 radical (unpaired) electrons. The second-order valence-corrected chi connectivity index (χ2v) is 8.86. The van der Waals surface area contributed by atoms with E-state index >= 15 is 0 Å². The normalized spacial score (nSPS) is 57.9. The van der Waals surface area contributed by atoms with Gasteiger partial charge in [0.1, 0.15) is 0 Å². The molecule has 0 aromatic carbocycles. The van der Waals surface area contributed by atoms with Gasteiger partial charge in [-0.05, 0) is 79.4 Å². The lowest BCUT2D eigenvalue weighted by Crippen LogP contribution is -2.52. The predicted molar refractivity (Wildman–Crippen MR) is 84.2 cm³/mol. The highest BCUT2D eigenvalue weighted by Gasteiger charge is 2.56. The van der Waals surface area contributed by atoms with E-state index in [4.69, 9.17) is 5.73 Å². The van der Waals surface area contributed by atoms with E-state index < -0.39 is 0 Å². The number of hydrogen-bond donors (Lipinski definition) is 1. The van der Waals surface area contributed by atoms with Crippen molar-refractivity contribution in [2.24, 2.45) is 40.2 Å². The largest absolute Gasteiger partial charge is 0.324 e. The minimum Gasteiger partial charge on any atom is -0.324 e. The van der Waals surface area contributed by atoms with Crippen LogP contribution in [0.3, 0.4) is 0 Å². The smallest absolute Gasteiger partial charge is 0.0226 e. The summed E-state index contributed by atoms with van der Waals surface area (Å²) in [5.74, 6) is 3.84. The molecule has 0 heterocycles. The van der Waals surface area contributed by atoms with Gasteiger partial charge in [0, 0.05) is 6.04 Å². The molecule has 3 saturated carbocycles. The van der Waals surface area contributed by atoms with Gasteiger partial charge in [-0.1, -0.05) is 32.4 Å². The van der Waals surface area contributed by atoms with Crippen LogP contribution in [0.5, 0.6) is 0 Å². The van der Waals surface area contributed by atoms with E-state index in [0.717, 1.165) is 23.7 Å². The van der Waals surface area contributed by atoms with Crippen LogP contribution >= 0.6 is 0 Å². The number of rotatable bonds is 0. The van der Waals surface area contributed by atoms with Crippen molar-refractivity contribution >= 4 is 0 Å². The highest BCUT2D eigenvalue weighted by atomic mass is 14.7. The first-order chi connectivity index (χ1) is 9.53. The molecule has 1 heteroatoms. The molecule has 0 aromatic heterocycles. The van der Waals surface area contributed by atoms with Crippen LogP contribution in [-0.2, 0) is 0 Å². The van der Waals surface area contributed by atoms with E-state index in [1.54, 1.807) is 0 Å². The molecule has 4 aliphatic carbocycles. The molecule has 4 aliphatic rings. The fourth-order valence-corrected chi connectivity index (χ4v) is 6.83. The zero-order chi connectivity index (χ0) is 14.0. The molecule has 0 amide bonds. The van der Waals surface area contributed by atoms with E-state index in [2.05, 4.69) is 26.0 Å². The molecular formula is C19H31N. The standard InChI is InChI=1S/C19H31N/c1-18-9-3-4-16(18)15-6-5-13-12-14(20)7-11-19(13,2)17(15)8-10-18/h7,11,13-17H,3-6,8-10,12,20H2,1-2H3/t13?,14?,15-,16-,17-,18-,19-/m0/s1. The van der Waals surface area contributed by atoms with E-state index in [0.29, 0.717) is 16.9 Å². The Morgan fingerprint density at radius 1 is 1.00 bits per heavy atom. The Labute approximate surface area is 124 Å². The molecule has 20 heavy (non-hydrogen) atoms. The molecule has 3 fully saturated rings. The summed E-state index contributed by atoms with van der Waals surface area (Å²) < 4.78 is 0. The van der Waals surface area contributed by atoms with Gasteiger partial charge in [0.05, 0.1) is 0 Å². The van der Waals surface area contributed by atoms with Crippen LogP contribution in [0.15, 0.2) is 12.2 Å². The Morgan fingerprint density at radius 3 is 2.70 bits per heavy atom. The Bertz CT molecular complexity index is 427. The van der Waals surface area contributed by atoms with E-state index in [1.807, 2.05) is 0 Å². The molecule has 0 bridgehead atoms. The number of hydrogen-bond acceptors (Lipinski definition) is 1. The molecule has 1 nitrogen and oxygen atoms in total. The number of fused-ring (bicyclic) bond motifs is 5. The Balaban J connectivity index is 1.67. The second-order valence-electron chi connectivity index (χ2n) is 8.86. The van der Waals surface area contributed by atoms with Gasteiger partial charge in [0.2, 0.25) is 0 Å². The average molecular weight is 273 g/mol. The summed E-state index contributed by atoms with van der Waals surface area (Å²) in [6.45, 7) is 5.16. The van der Waals surface area contributed by atoms with Gasteiger partial charge in [-0.15, -0.1) is 0 Å². The van der Waals surface area contributed by atoms with Crippen molar-refractivity contribution in [2.75, 3.05) is 0 Å². The van der Waals surface area contributed by atoms with E-state index in [1.165, 1.54) is 51.4 Å². The lowest BCUT2D eigenvalue weighted by molar-refractivity contribution is -0.0690. The summed E-state index contributed by atoms with van der Waals surface area (Å²) in [6.07, 6.45) is 16.5. The summed E-state index contributed by atoms with van der Waals surface area (Å²) in [5, 5.41) is 0. The fourth-order valence-electron chi connectivity index (χ4n) is 6.83. The summed E-state index contributed by atoms with van der Waals surface area (Å²) >= 11 is 0. The predicted octanol–water partition coefficient (Wildman–Crippen LogP) is 4.52. The third-order valence-corrected chi connectivity index (χ3v) is 8.00. The van der Waals surface area contributed by atoms with Crippen LogP contribution in [0, 0.1) is 34.5 Å². The maximum Gasteiger partial charge on any atom is 0.0226 e. The van der Waals surface area contributed by atoms with Gasteiger partial charge in [0.15, 0.2) is 0 Å². The lowest BCUT2D eigenvalue weighted by atomic mass is 9.46. The molecule has 0 aromatic rings. The molecule has 4 rings (SSSR count). The van der Waals surface area contributed by atoms with Crippen molar-refractivity contribution in [1.82, 2.24) is 0 Å². The monoisotopic (exact) mass is 273 g/mol. The van der Waals surface area contributed by atoms with Crippen LogP contribution in [0.25, 0.3) is 0 Å².